The summed E-state index contributed by atoms with van der Waals surface area (Å²) < 4.78 is 5.16. The van der Waals surface area contributed by atoms with Crippen LogP contribution in [0.25, 0.3) is 0 Å². The Labute approximate surface area is 110 Å². The Bertz CT molecular complexity index is 451. The first-order valence-corrected chi connectivity index (χ1v) is 6.00. The van der Waals surface area contributed by atoms with E-state index in [0.717, 1.165) is 0 Å². The van der Waals surface area contributed by atoms with E-state index >= 15 is 0 Å². The van der Waals surface area contributed by atoms with Crippen molar-refractivity contribution in [3.05, 3.63) is 23.8 Å². The minimum Gasteiger partial charge on any atom is -0.388 e. The molecule has 1 aromatic rings. The average molecular weight is 267 g/mol. The summed E-state index contributed by atoms with van der Waals surface area (Å²) in [5.41, 5.74) is 0.334. The fourth-order valence-electron chi connectivity index (χ4n) is 1.96. The third-order valence-corrected chi connectivity index (χ3v) is 3.21. The molecule has 2 heterocycles. The number of nitrogens with zero attached hydrogens (tertiary/aromatic N) is 3. The lowest BCUT2D eigenvalue weighted by Gasteiger charge is -2.37. The molecule has 1 amide bonds. The first kappa shape index (κ1) is 13.9. The summed E-state index contributed by atoms with van der Waals surface area (Å²) in [4.78, 5) is 21.5. The Morgan fingerprint density at radius 1 is 1.37 bits per heavy atom. The molecule has 3 atom stereocenters. The van der Waals surface area contributed by atoms with Crippen molar-refractivity contribution in [3.8, 4) is 0 Å². The predicted molar refractivity (Wildman–Crippen MR) is 65.5 cm³/mol. The fraction of sp³-hybridized carbons (Fsp3) is 0.583. The van der Waals surface area contributed by atoms with Crippen molar-refractivity contribution < 1.29 is 19.7 Å². The molecule has 7 nitrogen and oxygen atoms in total. The molecular formula is C12H17N3O4. The van der Waals surface area contributed by atoms with Crippen molar-refractivity contribution >= 4 is 5.91 Å². The highest BCUT2D eigenvalue weighted by Gasteiger charge is 2.36. The van der Waals surface area contributed by atoms with Gasteiger partial charge >= 0.3 is 0 Å². The van der Waals surface area contributed by atoms with Crippen LogP contribution in [-0.4, -0.2) is 69.5 Å². The highest BCUT2D eigenvalue weighted by atomic mass is 16.5. The Morgan fingerprint density at radius 3 is 2.63 bits per heavy atom. The zero-order valence-corrected chi connectivity index (χ0v) is 10.9. The second-order valence-electron chi connectivity index (χ2n) is 4.60. The number of rotatable bonds is 2. The Morgan fingerprint density at radius 2 is 2.00 bits per heavy atom. The van der Waals surface area contributed by atoms with Crippen LogP contribution in [0.4, 0.5) is 0 Å². The van der Waals surface area contributed by atoms with E-state index in [4.69, 9.17) is 4.74 Å². The van der Waals surface area contributed by atoms with E-state index in [1.54, 1.807) is 14.0 Å². The summed E-state index contributed by atoms with van der Waals surface area (Å²) >= 11 is 0. The molecule has 2 rings (SSSR count). The number of likely N-dealkylation sites (N-methyl/N-ethyl adjacent to an activating group) is 1. The Balaban J connectivity index is 2.12. The molecular weight excluding hydrogens is 250 g/mol. The van der Waals surface area contributed by atoms with Crippen LogP contribution >= 0.6 is 0 Å². The van der Waals surface area contributed by atoms with Gasteiger partial charge in [-0.1, -0.05) is 0 Å². The summed E-state index contributed by atoms with van der Waals surface area (Å²) in [6.45, 7) is 1.99. The molecule has 0 bridgehead atoms. The van der Waals surface area contributed by atoms with Gasteiger partial charge < -0.3 is 19.8 Å². The van der Waals surface area contributed by atoms with Gasteiger partial charge in [-0.3, -0.25) is 4.79 Å². The van der Waals surface area contributed by atoms with Gasteiger partial charge in [0.15, 0.2) is 0 Å². The van der Waals surface area contributed by atoms with E-state index in [1.807, 2.05) is 0 Å². The summed E-state index contributed by atoms with van der Waals surface area (Å²) in [6, 6.07) is -0.586. The number of carbonyl (C=O) groups excluding carboxylic acids is 1. The molecule has 1 fully saturated rings. The standard InChI is InChI=1S/C12H17N3O4/c1-7-13-3-8(4-14-7)12(18)15(2)9-5-19-6-10(16)11(9)17/h3-4,9-11,16-17H,5-6H2,1-2H3/t9-,10-,11+/m1/s1. The topological polar surface area (TPSA) is 95.8 Å². The maximum absolute atomic E-state index is 12.2. The maximum atomic E-state index is 12.2. The lowest BCUT2D eigenvalue weighted by molar-refractivity contribution is -0.122. The number of amides is 1. The normalized spacial score (nSPS) is 27.1. The zero-order chi connectivity index (χ0) is 14.0. The molecule has 1 aromatic heterocycles. The SMILES string of the molecule is Cc1ncc(C(=O)N(C)[C@@H]2COC[C@@H](O)[C@H]2O)cn1. The van der Waals surface area contributed by atoms with E-state index in [0.29, 0.717) is 11.4 Å². The Kier molecular flexibility index (Phi) is 4.08. The number of aryl methyl sites for hydroxylation is 1. The monoisotopic (exact) mass is 267 g/mol. The van der Waals surface area contributed by atoms with Crippen LogP contribution in [0.2, 0.25) is 0 Å². The van der Waals surface area contributed by atoms with Crippen LogP contribution in [-0.2, 0) is 4.74 Å². The molecule has 1 aliphatic heterocycles. The van der Waals surface area contributed by atoms with Crippen molar-refractivity contribution in [3.63, 3.8) is 0 Å². The fourth-order valence-corrected chi connectivity index (χ4v) is 1.96. The largest absolute Gasteiger partial charge is 0.388 e. The molecule has 0 radical (unpaired) electrons. The average Bonchev–Trinajstić information content (AvgIpc) is 2.41. The molecule has 0 saturated carbocycles. The highest BCUT2D eigenvalue weighted by molar-refractivity contribution is 5.93. The summed E-state index contributed by atoms with van der Waals surface area (Å²) in [7, 11) is 1.55. The lowest BCUT2D eigenvalue weighted by atomic mass is 10.0. The number of aliphatic hydroxyl groups excluding tert-OH is 2. The van der Waals surface area contributed by atoms with Gasteiger partial charge in [-0.15, -0.1) is 0 Å². The van der Waals surface area contributed by atoms with Gasteiger partial charge in [-0.05, 0) is 6.92 Å². The minimum absolute atomic E-state index is 0.0767. The predicted octanol–water partition coefficient (Wildman–Crippen LogP) is -1.02. The van der Waals surface area contributed by atoms with Crippen LogP contribution in [0, 0.1) is 6.92 Å². The second kappa shape index (κ2) is 5.60. The van der Waals surface area contributed by atoms with E-state index in [9.17, 15) is 15.0 Å². The molecule has 0 spiro atoms. The summed E-state index contributed by atoms with van der Waals surface area (Å²) in [5, 5.41) is 19.4. The van der Waals surface area contributed by atoms with E-state index in [2.05, 4.69) is 9.97 Å². The molecule has 104 valence electrons. The van der Waals surface area contributed by atoms with Crippen molar-refractivity contribution in [1.29, 1.82) is 0 Å². The van der Waals surface area contributed by atoms with Crippen molar-refractivity contribution in [1.82, 2.24) is 14.9 Å². The summed E-state index contributed by atoms with van der Waals surface area (Å²) in [5.74, 6) is 0.261. The smallest absolute Gasteiger partial charge is 0.257 e. The minimum atomic E-state index is -1.02. The molecule has 0 unspecified atom stereocenters. The lowest BCUT2D eigenvalue weighted by Crippen LogP contribution is -2.56. The molecule has 1 aliphatic rings. The van der Waals surface area contributed by atoms with Crippen LogP contribution in [0.5, 0.6) is 0 Å². The first-order chi connectivity index (χ1) is 9.00. The van der Waals surface area contributed by atoms with E-state index in [-0.39, 0.29) is 19.1 Å². The molecule has 19 heavy (non-hydrogen) atoms. The van der Waals surface area contributed by atoms with Crippen molar-refractivity contribution in [2.24, 2.45) is 0 Å². The van der Waals surface area contributed by atoms with Gasteiger partial charge in [0, 0.05) is 19.4 Å². The highest BCUT2D eigenvalue weighted by Crippen LogP contribution is 2.15. The molecule has 0 aromatic carbocycles. The van der Waals surface area contributed by atoms with Gasteiger partial charge in [0.25, 0.3) is 5.91 Å². The number of aromatic nitrogens is 2. The number of hydrogen-bond acceptors (Lipinski definition) is 6. The van der Waals surface area contributed by atoms with Crippen molar-refractivity contribution in [2.45, 2.75) is 25.2 Å². The number of ether oxygens (including phenoxy) is 1. The number of aliphatic hydroxyl groups is 2. The zero-order valence-electron chi connectivity index (χ0n) is 10.9. The third-order valence-electron chi connectivity index (χ3n) is 3.21. The van der Waals surface area contributed by atoms with Gasteiger partial charge in [0.2, 0.25) is 0 Å². The van der Waals surface area contributed by atoms with Crippen LogP contribution in [0.1, 0.15) is 16.2 Å². The maximum Gasteiger partial charge on any atom is 0.257 e. The quantitative estimate of drug-likeness (QED) is 0.712. The summed E-state index contributed by atoms with van der Waals surface area (Å²) in [6.07, 6.45) is 0.874. The van der Waals surface area contributed by atoms with E-state index in [1.165, 1.54) is 17.3 Å². The van der Waals surface area contributed by atoms with Gasteiger partial charge in [-0.25, -0.2) is 9.97 Å². The van der Waals surface area contributed by atoms with Crippen LogP contribution < -0.4 is 0 Å². The molecule has 1 saturated heterocycles. The van der Waals surface area contributed by atoms with Crippen molar-refractivity contribution in [2.75, 3.05) is 20.3 Å². The molecule has 7 heteroatoms. The first-order valence-electron chi connectivity index (χ1n) is 6.00. The third kappa shape index (κ3) is 2.89. The number of hydrogen-bond donors (Lipinski definition) is 2. The van der Waals surface area contributed by atoms with Crippen LogP contribution in [0.3, 0.4) is 0 Å². The molecule has 0 aliphatic carbocycles. The second-order valence-corrected chi connectivity index (χ2v) is 4.60. The van der Waals surface area contributed by atoms with Gasteiger partial charge in [-0.2, -0.15) is 0 Å². The Hall–Kier alpha value is -1.57. The van der Waals surface area contributed by atoms with E-state index < -0.39 is 18.2 Å². The van der Waals surface area contributed by atoms with Crippen LogP contribution in [0.15, 0.2) is 12.4 Å². The number of carbonyl (C=O) groups is 1. The van der Waals surface area contributed by atoms with Gasteiger partial charge in [0.1, 0.15) is 18.0 Å². The molecule has 2 N–H and O–H groups in total. The van der Waals surface area contributed by atoms with Gasteiger partial charge in [0.05, 0.1) is 24.8 Å².